The van der Waals surface area contributed by atoms with Crippen molar-refractivity contribution >= 4 is 42.4 Å². The van der Waals surface area contributed by atoms with Crippen LogP contribution in [0.4, 0.5) is 5.13 Å². The van der Waals surface area contributed by atoms with Crippen LogP contribution in [-0.2, 0) is 21.2 Å². The van der Waals surface area contributed by atoms with Gasteiger partial charge in [-0.1, -0.05) is 17.4 Å². The van der Waals surface area contributed by atoms with E-state index in [1.807, 2.05) is 26.1 Å². The lowest BCUT2D eigenvalue weighted by atomic mass is 10.1. The molecular formula is C25H28N4O4S2. The van der Waals surface area contributed by atoms with Crippen molar-refractivity contribution in [2.24, 2.45) is 0 Å². The van der Waals surface area contributed by atoms with Crippen molar-refractivity contribution in [2.75, 3.05) is 24.3 Å². The summed E-state index contributed by atoms with van der Waals surface area (Å²) in [4.78, 5) is 19.9. The number of rotatable bonds is 10. The lowest BCUT2D eigenvalue weighted by Crippen LogP contribution is -2.34. The summed E-state index contributed by atoms with van der Waals surface area (Å²) >= 11 is 1.47. The van der Waals surface area contributed by atoms with Gasteiger partial charge in [-0.05, 0) is 67.8 Å². The molecule has 2 heterocycles. The van der Waals surface area contributed by atoms with Gasteiger partial charge in [-0.2, -0.15) is 5.10 Å². The van der Waals surface area contributed by atoms with Gasteiger partial charge in [0, 0.05) is 25.4 Å². The monoisotopic (exact) mass is 512 g/mol. The number of ether oxygens (including phenoxy) is 1. The molecule has 4 aromatic rings. The molecule has 0 N–H and O–H groups in total. The van der Waals surface area contributed by atoms with Gasteiger partial charge in [0.1, 0.15) is 5.75 Å². The molecule has 0 radical (unpaired) electrons. The highest BCUT2D eigenvalue weighted by Crippen LogP contribution is 2.32. The average molecular weight is 513 g/mol. The number of aromatic nitrogens is 3. The Kier molecular flexibility index (Phi) is 7.51. The predicted octanol–water partition coefficient (Wildman–Crippen LogP) is 4.41. The maximum atomic E-state index is 13.3. The van der Waals surface area contributed by atoms with Gasteiger partial charge in [0.25, 0.3) is 0 Å². The largest absolute Gasteiger partial charge is 0.497 e. The lowest BCUT2D eigenvalue weighted by Gasteiger charge is -2.20. The van der Waals surface area contributed by atoms with Crippen LogP contribution in [0.15, 0.2) is 59.8 Å². The Morgan fingerprint density at radius 3 is 2.63 bits per heavy atom. The number of carbonyl (C=O) groups is 1. The van der Waals surface area contributed by atoms with Gasteiger partial charge in [-0.3, -0.25) is 14.4 Å². The number of aryl methyl sites for hydroxylation is 2. The van der Waals surface area contributed by atoms with E-state index < -0.39 is 9.84 Å². The van der Waals surface area contributed by atoms with Crippen molar-refractivity contribution in [3.05, 3.63) is 66.0 Å². The van der Waals surface area contributed by atoms with Crippen LogP contribution in [0, 0.1) is 13.8 Å². The van der Waals surface area contributed by atoms with E-state index in [2.05, 4.69) is 17.2 Å². The van der Waals surface area contributed by atoms with Gasteiger partial charge in [-0.25, -0.2) is 13.4 Å². The molecule has 1 amide bonds. The van der Waals surface area contributed by atoms with E-state index >= 15 is 0 Å². The van der Waals surface area contributed by atoms with E-state index in [-0.39, 0.29) is 29.4 Å². The number of thiazole rings is 1. The molecule has 8 nitrogen and oxygen atoms in total. The highest BCUT2D eigenvalue weighted by Gasteiger charge is 2.22. The molecule has 2 aromatic carbocycles. The van der Waals surface area contributed by atoms with Crippen molar-refractivity contribution in [3.63, 3.8) is 0 Å². The summed E-state index contributed by atoms with van der Waals surface area (Å²) in [6, 6.07) is 12.3. The summed E-state index contributed by atoms with van der Waals surface area (Å²) in [5.41, 5.74) is 3.09. The van der Waals surface area contributed by atoms with E-state index in [1.165, 1.54) is 30.6 Å². The number of benzene rings is 2. The maximum Gasteiger partial charge on any atom is 0.228 e. The zero-order valence-corrected chi connectivity index (χ0v) is 21.6. The van der Waals surface area contributed by atoms with Crippen molar-refractivity contribution < 1.29 is 17.9 Å². The second kappa shape index (κ2) is 10.6. The van der Waals surface area contributed by atoms with Gasteiger partial charge in [-0.15, -0.1) is 0 Å². The van der Waals surface area contributed by atoms with Crippen molar-refractivity contribution in [2.45, 2.75) is 38.1 Å². The number of hydrogen-bond donors (Lipinski definition) is 0. The molecule has 4 rings (SSSR count). The molecule has 2 aromatic heterocycles. The second-order valence-corrected chi connectivity index (χ2v) is 11.5. The fraction of sp³-hybridized carbons (Fsp3) is 0.320. The number of carbonyl (C=O) groups excluding carboxylic acids is 1. The number of methoxy groups -OCH3 is 1. The molecule has 0 saturated heterocycles. The molecule has 0 aliphatic heterocycles. The average Bonchev–Trinajstić information content (AvgIpc) is 3.49. The quantitative estimate of drug-likeness (QED) is 0.313. The first-order valence-corrected chi connectivity index (χ1v) is 13.8. The molecule has 0 spiro atoms. The Morgan fingerprint density at radius 2 is 1.94 bits per heavy atom. The molecule has 35 heavy (non-hydrogen) atoms. The minimum Gasteiger partial charge on any atom is -0.497 e. The van der Waals surface area contributed by atoms with Crippen LogP contribution in [0.25, 0.3) is 10.2 Å². The smallest absolute Gasteiger partial charge is 0.228 e. The van der Waals surface area contributed by atoms with Gasteiger partial charge >= 0.3 is 0 Å². The van der Waals surface area contributed by atoms with E-state index in [0.717, 1.165) is 21.3 Å². The van der Waals surface area contributed by atoms with Crippen LogP contribution in [0.5, 0.6) is 5.75 Å². The number of amides is 1. The Hall–Kier alpha value is -3.24. The summed E-state index contributed by atoms with van der Waals surface area (Å²) in [6.07, 6.45) is 3.85. The number of sulfone groups is 1. The summed E-state index contributed by atoms with van der Waals surface area (Å²) in [7, 11) is -1.97. The molecule has 0 aliphatic carbocycles. The third-order valence-electron chi connectivity index (χ3n) is 5.68. The first kappa shape index (κ1) is 24.9. The number of fused-ring (bicyclic) bond motifs is 1. The van der Waals surface area contributed by atoms with Crippen LogP contribution in [0.1, 0.15) is 24.0 Å². The SMILES string of the molecule is COc1ccc(S(=O)(=O)CCCC(=O)N(CCn2cccn2)c2nc3c(C)cc(C)cc3s2)cc1. The van der Waals surface area contributed by atoms with Crippen molar-refractivity contribution in [3.8, 4) is 5.75 Å². The normalized spacial score (nSPS) is 11.6. The van der Waals surface area contributed by atoms with Crippen LogP contribution < -0.4 is 9.64 Å². The summed E-state index contributed by atoms with van der Waals surface area (Å²) in [5, 5.41) is 4.84. The molecule has 0 saturated carbocycles. The fourth-order valence-electron chi connectivity index (χ4n) is 3.89. The number of hydrogen-bond acceptors (Lipinski definition) is 7. The Balaban J connectivity index is 1.49. The highest BCUT2D eigenvalue weighted by molar-refractivity contribution is 7.91. The van der Waals surface area contributed by atoms with Crippen LogP contribution in [-0.4, -0.2) is 48.5 Å². The first-order valence-electron chi connectivity index (χ1n) is 11.3. The number of nitrogens with zero attached hydrogens (tertiary/aromatic N) is 4. The third-order valence-corrected chi connectivity index (χ3v) is 8.53. The standard InChI is InChI=1S/C25H28N4O4S2/c1-18-16-19(2)24-22(17-18)34-25(27-24)29(14-13-28-12-5-11-26-28)23(30)6-4-15-35(31,32)21-9-7-20(33-3)8-10-21/h5,7-12,16-17H,4,6,13-15H2,1-3H3. The molecule has 184 valence electrons. The molecule has 0 aliphatic rings. The number of anilines is 1. The van der Waals surface area contributed by atoms with E-state index in [4.69, 9.17) is 9.72 Å². The zero-order chi connectivity index (χ0) is 25.0. The van der Waals surface area contributed by atoms with E-state index in [1.54, 1.807) is 27.9 Å². The topological polar surface area (TPSA) is 94.4 Å². The second-order valence-electron chi connectivity index (χ2n) is 8.34. The van der Waals surface area contributed by atoms with E-state index in [9.17, 15) is 13.2 Å². The predicted molar refractivity (Wildman–Crippen MR) is 138 cm³/mol. The van der Waals surface area contributed by atoms with Gasteiger partial charge in [0.15, 0.2) is 15.0 Å². The zero-order valence-electron chi connectivity index (χ0n) is 20.0. The lowest BCUT2D eigenvalue weighted by molar-refractivity contribution is -0.118. The molecule has 0 fully saturated rings. The molecule has 10 heteroatoms. The first-order chi connectivity index (χ1) is 16.8. The minimum absolute atomic E-state index is 0.0996. The summed E-state index contributed by atoms with van der Waals surface area (Å²) in [6.45, 7) is 4.95. The third kappa shape index (κ3) is 5.88. The molecule has 0 bridgehead atoms. The van der Waals surface area contributed by atoms with Gasteiger partial charge in [0.2, 0.25) is 5.91 Å². The Morgan fingerprint density at radius 1 is 1.17 bits per heavy atom. The Bertz CT molecular complexity index is 1410. The van der Waals surface area contributed by atoms with Crippen molar-refractivity contribution in [1.29, 1.82) is 0 Å². The highest BCUT2D eigenvalue weighted by atomic mass is 32.2. The molecule has 0 unspecified atom stereocenters. The summed E-state index contributed by atoms with van der Waals surface area (Å²) < 4.78 is 33.3. The molecule has 0 atom stereocenters. The van der Waals surface area contributed by atoms with Crippen LogP contribution in [0.3, 0.4) is 0 Å². The minimum atomic E-state index is -3.50. The maximum absolute atomic E-state index is 13.3. The fourth-order valence-corrected chi connectivity index (χ4v) is 6.38. The van der Waals surface area contributed by atoms with E-state index in [0.29, 0.717) is 24.0 Å². The van der Waals surface area contributed by atoms with Gasteiger partial charge in [0.05, 0.1) is 34.5 Å². The van der Waals surface area contributed by atoms with Crippen LogP contribution in [0.2, 0.25) is 0 Å². The van der Waals surface area contributed by atoms with Crippen molar-refractivity contribution in [1.82, 2.24) is 14.8 Å². The van der Waals surface area contributed by atoms with Gasteiger partial charge < -0.3 is 4.74 Å². The molecular weight excluding hydrogens is 484 g/mol. The van der Waals surface area contributed by atoms with Crippen LogP contribution >= 0.6 is 11.3 Å². The Labute approximate surface area is 209 Å². The summed E-state index contributed by atoms with van der Waals surface area (Å²) in [5.74, 6) is 0.319.